The highest BCUT2D eigenvalue weighted by Gasteiger charge is 2.30. The molecule has 1 aliphatic carbocycles. The minimum absolute atomic E-state index is 0.114. The fourth-order valence-corrected chi connectivity index (χ4v) is 1.74. The summed E-state index contributed by atoms with van der Waals surface area (Å²) in [4.78, 5) is 22.2. The molecule has 0 saturated heterocycles. The van der Waals surface area contributed by atoms with Crippen LogP contribution >= 0.6 is 0 Å². The first-order valence-electron chi connectivity index (χ1n) is 4.70. The van der Waals surface area contributed by atoms with Crippen molar-refractivity contribution in [1.29, 1.82) is 0 Å². The normalized spacial score (nSPS) is 15.3. The van der Waals surface area contributed by atoms with Crippen molar-refractivity contribution in [1.82, 2.24) is 4.57 Å². The summed E-state index contributed by atoms with van der Waals surface area (Å²) in [6.45, 7) is 1.67. The number of aromatic carboxylic acids is 1. The molecule has 5 heteroatoms. The van der Waals surface area contributed by atoms with Crippen LogP contribution in [-0.4, -0.2) is 20.7 Å². The molecule has 1 aliphatic rings. The Balaban J connectivity index is 2.75. The highest BCUT2D eigenvalue weighted by Crippen LogP contribution is 2.37. The highest BCUT2D eigenvalue weighted by molar-refractivity contribution is 5.89. The van der Waals surface area contributed by atoms with Gasteiger partial charge in [0, 0.05) is 17.8 Å². The van der Waals surface area contributed by atoms with Gasteiger partial charge in [0.05, 0.1) is 0 Å². The predicted octanol–water partition coefficient (Wildman–Crippen LogP) is 0.895. The molecule has 1 fully saturated rings. The molecule has 0 aromatic carbocycles. The maximum Gasteiger partial charge on any atom is 0.356 e. The number of carbonyl (C=O) groups is 1. The molecule has 5 nitrogen and oxygen atoms in total. The number of aryl methyl sites for hydroxylation is 1. The Bertz CT molecular complexity index is 485. The number of rotatable bonds is 2. The standard InChI is InChI=1S/C10H11NO4/c1-5-4-7(12)9(13)8(10(14)15)11(5)6-2-3-6/h4,6,13H,2-3H2,1H3,(H,14,15). The average molecular weight is 209 g/mol. The van der Waals surface area contributed by atoms with Gasteiger partial charge in [0.15, 0.2) is 11.4 Å². The van der Waals surface area contributed by atoms with Crippen LogP contribution in [-0.2, 0) is 0 Å². The Kier molecular flexibility index (Phi) is 2.03. The Labute approximate surface area is 85.6 Å². The zero-order valence-electron chi connectivity index (χ0n) is 8.23. The maximum absolute atomic E-state index is 11.2. The van der Waals surface area contributed by atoms with Gasteiger partial charge in [-0.3, -0.25) is 4.79 Å². The molecule has 0 aliphatic heterocycles. The van der Waals surface area contributed by atoms with Crippen LogP contribution in [0.25, 0.3) is 0 Å². The van der Waals surface area contributed by atoms with E-state index in [0.717, 1.165) is 12.8 Å². The van der Waals surface area contributed by atoms with E-state index >= 15 is 0 Å². The molecule has 1 aromatic rings. The lowest BCUT2D eigenvalue weighted by Gasteiger charge is -2.13. The Morgan fingerprint density at radius 1 is 1.53 bits per heavy atom. The average Bonchev–Trinajstić information content (AvgIpc) is 2.93. The van der Waals surface area contributed by atoms with E-state index in [9.17, 15) is 14.7 Å². The molecule has 0 radical (unpaired) electrons. The third-order valence-electron chi connectivity index (χ3n) is 2.53. The lowest BCUT2D eigenvalue weighted by molar-refractivity contribution is 0.0679. The molecule has 2 rings (SSSR count). The molecule has 0 unspecified atom stereocenters. The van der Waals surface area contributed by atoms with E-state index in [2.05, 4.69) is 0 Å². The number of hydrogen-bond donors (Lipinski definition) is 2. The molecule has 15 heavy (non-hydrogen) atoms. The SMILES string of the molecule is Cc1cc(=O)c(O)c(C(=O)O)n1C1CC1. The highest BCUT2D eigenvalue weighted by atomic mass is 16.4. The van der Waals surface area contributed by atoms with Crippen molar-refractivity contribution < 1.29 is 15.0 Å². The molecule has 0 atom stereocenters. The molecule has 1 saturated carbocycles. The summed E-state index contributed by atoms with van der Waals surface area (Å²) in [5, 5.41) is 18.4. The number of aromatic hydroxyl groups is 1. The number of carboxylic acid groups (broad SMARTS) is 1. The number of aromatic nitrogens is 1. The number of nitrogens with zero attached hydrogens (tertiary/aromatic N) is 1. The first kappa shape index (κ1) is 9.76. The van der Waals surface area contributed by atoms with Gasteiger partial charge in [0.25, 0.3) is 0 Å². The summed E-state index contributed by atoms with van der Waals surface area (Å²) in [6, 6.07) is 1.38. The van der Waals surface area contributed by atoms with E-state index in [-0.39, 0.29) is 11.7 Å². The van der Waals surface area contributed by atoms with Crippen molar-refractivity contribution >= 4 is 5.97 Å². The first-order valence-corrected chi connectivity index (χ1v) is 4.70. The molecule has 80 valence electrons. The zero-order chi connectivity index (χ0) is 11.2. The minimum atomic E-state index is -1.26. The van der Waals surface area contributed by atoms with Crippen molar-refractivity contribution in [3.63, 3.8) is 0 Å². The van der Waals surface area contributed by atoms with Crippen molar-refractivity contribution in [3.8, 4) is 5.75 Å². The van der Waals surface area contributed by atoms with E-state index in [1.165, 1.54) is 10.6 Å². The summed E-state index contributed by atoms with van der Waals surface area (Å²) < 4.78 is 1.53. The molecule has 2 N–H and O–H groups in total. The lowest BCUT2D eigenvalue weighted by Crippen LogP contribution is -2.19. The van der Waals surface area contributed by atoms with Gasteiger partial charge in [-0.1, -0.05) is 0 Å². The molecule has 0 amide bonds. The van der Waals surface area contributed by atoms with Crippen LogP contribution in [0.2, 0.25) is 0 Å². The second kappa shape index (κ2) is 3.12. The topological polar surface area (TPSA) is 79.5 Å². The second-order valence-corrected chi connectivity index (χ2v) is 3.75. The molecular formula is C10H11NO4. The maximum atomic E-state index is 11.2. The van der Waals surface area contributed by atoms with E-state index in [0.29, 0.717) is 5.69 Å². The Morgan fingerprint density at radius 2 is 2.13 bits per heavy atom. The number of carboxylic acids is 1. The van der Waals surface area contributed by atoms with Gasteiger partial charge in [-0.05, 0) is 19.8 Å². The van der Waals surface area contributed by atoms with Gasteiger partial charge in [-0.15, -0.1) is 0 Å². The van der Waals surface area contributed by atoms with Crippen LogP contribution in [0.1, 0.15) is 35.1 Å². The van der Waals surface area contributed by atoms with Crippen LogP contribution in [0, 0.1) is 6.92 Å². The fraction of sp³-hybridized carbons (Fsp3) is 0.400. The number of pyridine rings is 1. The Morgan fingerprint density at radius 3 is 2.60 bits per heavy atom. The van der Waals surface area contributed by atoms with Crippen molar-refractivity contribution in [2.45, 2.75) is 25.8 Å². The summed E-state index contributed by atoms with van der Waals surface area (Å²) in [6.07, 6.45) is 1.78. The van der Waals surface area contributed by atoms with Crippen molar-refractivity contribution in [3.05, 3.63) is 27.7 Å². The summed E-state index contributed by atoms with van der Waals surface area (Å²) in [7, 11) is 0. The van der Waals surface area contributed by atoms with E-state index in [1.54, 1.807) is 6.92 Å². The minimum Gasteiger partial charge on any atom is -0.502 e. The largest absolute Gasteiger partial charge is 0.502 e. The van der Waals surface area contributed by atoms with Crippen LogP contribution < -0.4 is 5.43 Å². The van der Waals surface area contributed by atoms with Gasteiger partial charge in [-0.2, -0.15) is 0 Å². The lowest BCUT2D eigenvalue weighted by atomic mass is 10.2. The molecular weight excluding hydrogens is 198 g/mol. The molecule has 0 bridgehead atoms. The van der Waals surface area contributed by atoms with E-state index < -0.39 is 17.1 Å². The summed E-state index contributed by atoms with van der Waals surface area (Å²) in [5.41, 5.74) is -0.345. The smallest absolute Gasteiger partial charge is 0.356 e. The molecule has 1 aromatic heterocycles. The predicted molar refractivity (Wildman–Crippen MR) is 52.3 cm³/mol. The number of hydrogen-bond acceptors (Lipinski definition) is 3. The van der Waals surface area contributed by atoms with Crippen LogP contribution in [0.15, 0.2) is 10.9 Å². The van der Waals surface area contributed by atoms with Crippen LogP contribution in [0.5, 0.6) is 5.75 Å². The van der Waals surface area contributed by atoms with Gasteiger partial charge < -0.3 is 14.8 Å². The molecule has 0 spiro atoms. The van der Waals surface area contributed by atoms with Gasteiger partial charge >= 0.3 is 5.97 Å². The van der Waals surface area contributed by atoms with Crippen molar-refractivity contribution in [2.75, 3.05) is 0 Å². The Hall–Kier alpha value is -1.78. The third kappa shape index (κ3) is 1.49. The van der Waals surface area contributed by atoms with E-state index in [4.69, 9.17) is 5.11 Å². The van der Waals surface area contributed by atoms with Gasteiger partial charge in [0.1, 0.15) is 0 Å². The third-order valence-corrected chi connectivity index (χ3v) is 2.53. The van der Waals surface area contributed by atoms with Gasteiger partial charge in [-0.25, -0.2) is 4.79 Å². The second-order valence-electron chi connectivity index (χ2n) is 3.75. The first-order chi connectivity index (χ1) is 7.02. The van der Waals surface area contributed by atoms with Crippen LogP contribution in [0.4, 0.5) is 0 Å². The zero-order valence-corrected chi connectivity index (χ0v) is 8.23. The van der Waals surface area contributed by atoms with Crippen molar-refractivity contribution in [2.24, 2.45) is 0 Å². The fourth-order valence-electron chi connectivity index (χ4n) is 1.74. The van der Waals surface area contributed by atoms with E-state index in [1.807, 2.05) is 0 Å². The quantitative estimate of drug-likeness (QED) is 0.758. The summed E-state index contributed by atoms with van der Waals surface area (Å²) in [5.74, 6) is -1.93. The summed E-state index contributed by atoms with van der Waals surface area (Å²) >= 11 is 0. The van der Waals surface area contributed by atoms with Gasteiger partial charge in [0.2, 0.25) is 5.43 Å². The van der Waals surface area contributed by atoms with Crippen LogP contribution in [0.3, 0.4) is 0 Å². The monoisotopic (exact) mass is 209 g/mol. The molecule has 1 heterocycles.